The molecule has 0 rings (SSSR count). The Hall–Kier alpha value is 2.76. The van der Waals surface area contributed by atoms with Gasteiger partial charge in [-0.3, -0.25) is 16.8 Å². The maximum atomic E-state index is 8.52. The zero-order chi connectivity index (χ0) is 9.00. The topological polar surface area (TPSA) is 161 Å². The van der Waals surface area contributed by atoms with Crippen LogP contribution in [-0.2, 0) is 72.0 Å². The van der Waals surface area contributed by atoms with Crippen LogP contribution in [0.15, 0.2) is 0 Å². The molecule has 0 amide bonds. The van der Waals surface area contributed by atoms with Crippen molar-refractivity contribution >= 4 is 20.8 Å². The quantitative estimate of drug-likeness (QED) is 0.110. The van der Waals surface area contributed by atoms with E-state index in [9.17, 15) is 0 Å². The van der Waals surface area contributed by atoms with Crippen molar-refractivity contribution in [3.8, 4) is 0 Å². The molecule has 0 aliphatic carbocycles. The summed E-state index contributed by atoms with van der Waals surface area (Å²) in [5, 5.41) is 0. The summed E-state index contributed by atoms with van der Waals surface area (Å²) in [5.74, 6) is 0. The predicted octanol–water partition coefficient (Wildman–Crippen LogP) is -8.68. The van der Waals surface area contributed by atoms with Gasteiger partial charge in [0.1, 0.15) is 0 Å². The fourth-order valence-corrected chi connectivity index (χ4v) is 0. The van der Waals surface area contributed by atoms with Gasteiger partial charge in [-0.05, 0) is 0 Å². The molecule has 0 fully saturated rings. The first-order chi connectivity index (χ1) is 4.00. The van der Waals surface area contributed by atoms with E-state index in [1.54, 1.807) is 0 Å². The molecule has 15 heteroatoms. The maximum Gasteiger partial charge on any atom is 2.00 e. The molecule has 107 valence electrons. The monoisotopic (exact) mass is 635 g/mol. The molecule has 0 spiro atoms. The van der Waals surface area contributed by atoms with Crippen LogP contribution >= 0.6 is 0 Å². The second kappa shape index (κ2) is 19.1. The molecule has 0 aliphatic heterocycles. The number of hydrogen-bond acceptors (Lipinski definition) is 8. The normalized spacial score (nSPS) is 7.73. The van der Waals surface area contributed by atoms with Crippen molar-refractivity contribution in [3.63, 3.8) is 0 Å². The van der Waals surface area contributed by atoms with Crippen LogP contribution in [0.25, 0.3) is 0 Å². The molecule has 0 aromatic rings. The van der Waals surface area contributed by atoms with E-state index in [1.807, 2.05) is 0 Å². The van der Waals surface area contributed by atoms with Crippen molar-refractivity contribution in [1.29, 1.82) is 0 Å². The average Bonchev–Trinajstić information content (AvgIpc) is 1.12. The first kappa shape index (κ1) is 43.1. The summed E-state index contributed by atoms with van der Waals surface area (Å²) in [6.07, 6.45) is 0. The minimum atomic E-state index is -5.17. The summed E-state index contributed by atoms with van der Waals surface area (Å²) in [7, 11) is -10.3. The molecular formula is Cu3I2O8S2. The van der Waals surface area contributed by atoms with Crippen LogP contribution < -0.4 is 48.0 Å². The van der Waals surface area contributed by atoms with Crippen LogP contribution in [0, 0.1) is 0 Å². The van der Waals surface area contributed by atoms with Crippen LogP contribution in [0.4, 0.5) is 0 Å². The van der Waals surface area contributed by atoms with Crippen LogP contribution in [0.3, 0.4) is 0 Å². The van der Waals surface area contributed by atoms with Gasteiger partial charge in [0.15, 0.2) is 0 Å². The van der Waals surface area contributed by atoms with Crippen molar-refractivity contribution in [2.24, 2.45) is 0 Å². The van der Waals surface area contributed by atoms with Gasteiger partial charge in [0.2, 0.25) is 0 Å². The first-order valence-electron chi connectivity index (χ1n) is 1.33. The molecule has 0 aromatic heterocycles. The smallest absolute Gasteiger partial charge is 1.00 e. The Balaban J connectivity index is -0.0000000128. The molecule has 0 heterocycles. The fourth-order valence-electron chi connectivity index (χ4n) is 0. The molecule has 0 N–H and O–H groups in total. The van der Waals surface area contributed by atoms with Crippen LogP contribution in [-0.4, -0.2) is 35.0 Å². The Morgan fingerprint density at radius 3 is 0.533 bits per heavy atom. The van der Waals surface area contributed by atoms with Gasteiger partial charge >= 0.3 is 51.2 Å². The Morgan fingerprint density at radius 2 is 0.533 bits per heavy atom. The zero-order valence-corrected chi connectivity index (χ0v) is 14.5. The van der Waals surface area contributed by atoms with E-state index in [2.05, 4.69) is 0 Å². The summed E-state index contributed by atoms with van der Waals surface area (Å²) in [4.78, 5) is 0. The second-order valence-electron chi connectivity index (χ2n) is 0.816. The Kier molecular flexibility index (Phi) is 54.9. The molecule has 0 saturated carbocycles. The zero-order valence-electron chi connectivity index (χ0n) is 5.74. The van der Waals surface area contributed by atoms with Crippen LogP contribution in [0.1, 0.15) is 0 Å². The standard InChI is InChI=1S/3Cu.2HI.2H2O4S/c;;;;;2*1-5(2,3)4/h;;;2*1H;2*(H2,1,2,3,4)/q3*+2;;;;/p-6. The van der Waals surface area contributed by atoms with Crippen LogP contribution in [0.5, 0.6) is 0 Å². The molecule has 3 radical (unpaired) electrons. The molecular weight excluding hydrogens is 637 g/mol. The van der Waals surface area contributed by atoms with Crippen molar-refractivity contribution in [1.82, 2.24) is 0 Å². The van der Waals surface area contributed by atoms with Gasteiger partial charge in [0, 0.05) is 20.8 Å². The van der Waals surface area contributed by atoms with Gasteiger partial charge in [0.25, 0.3) is 0 Å². The van der Waals surface area contributed by atoms with Crippen molar-refractivity contribution < 1.29 is 134 Å². The van der Waals surface area contributed by atoms with Gasteiger partial charge in [-0.1, -0.05) is 0 Å². The minimum absolute atomic E-state index is 0. The molecule has 0 bridgehead atoms. The number of hydrogen-bond donors (Lipinski definition) is 0. The van der Waals surface area contributed by atoms with Crippen molar-refractivity contribution in [3.05, 3.63) is 0 Å². The molecule has 0 saturated heterocycles. The SMILES string of the molecule is O=S(=O)([O-])[O-].O=S(=O)([O-])[O-].[Cu+2].[Cu+2].[Cu+2].[I-].[I-]. The van der Waals surface area contributed by atoms with E-state index in [-0.39, 0.29) is 99.2 Å². The predicted molar refractivity (Wildman–Crippen MR) is 20.9 cm³/mol. The minimum Gasteiger partial charge on any atom is -1.00 e. The van der Waals surface area contributed by atoms with E-state index in [1.165, 1.54) is 0 Å². The molecule has 15 heavy (non-hydrogen) atoms. The van der Waals surface area contributed by atoms with Crippen LogP contribution in [0.2, 0.25) is 0 Å². The second-order valence-corrected chi connectivity index (χ2v) is 2.45. The van der Waals surface area contributed by atoms with E-state index < -0.39 is 20.8 Å². The molecule has 0 unspecified atom stereocenters. The van der Waals surface area contributed by atoms with E-state index >= 15 is 0 Å². The van der Waals surface area contributed by atoms with Gasteiger partial charge in [-0.2, -0.15) is 0 Å². The Labute approximate surface area is 153 Å². The van der Waals surface area contributed by atoms with E-state index in [4.69, 9.17) is 35.0 Å². The largest absolute Gasteiger partial charge is 2.00 e. The summed E-state index contributed by atoms with van der Waals surface area (Å²) in [6.45, 7) is 0. The number of rotatable bonds is 0. The van der Waals surface area contributed by atoms with Gasteiger partial charge < -0.3 is 66.2 Å². The van der Waals surface area contributed by atoms with E-state index in [0.717, 1.165) is 0 Å². The average molecular weight is 637 g/mol. The summed E-state index contributed by atoms with van der Waals surface area (Å²) < 4.78 is 68.2. The van der Waals surface area contributed by atoms with Crippen molar-refractivity contribution in [2.75, 3.05) is 0 Å². The number of halogens is 2. The van der Waals surface area contributed by atoms with Gasteiger partial charge in [-0.15, -0.1) is 0 Å². The van der Waals surface area contributed by atoms with E-state index in [0.29, 0.717) is 0 Å². The molecule has 8 nitrogen and oxygen atoms in total. The third-order valence-electron chi connectivity index (χ3n) is 0. The first-order valence-corrected chi connectivity index (χ1v) is 4.00. The van der Waals surface area contributed by atoms with Gasteiger partial charge in [0.05, 0.1) is 0 Å². The fraction of sp³-hybridized carbons (Fsp3) is 0. The Morgan fingerprint density at radius 1 is 0.533 bits per heavy atom. The van der Waals surface area contributed by atoms with Gasteiger partial charge in [-0.25, -0.2) is 0 Å². The van der Waals surface area contributed by atoms with Crippen molar-refractivity contribution in [2.45, 2.75) is 0 Å². The summed E-state index contributed by atoms with van der Waals surface area (Å²) in [6, 6.07) is 0. The molecule has 0 aromatic carbocycles. The third-order valence-corrected chi connectivity index (χ3v) is 0. The molecule has 0 atom stereocenters. The summed E-state index contributed by atoms with van der Waals surface area (Å²) >= 11 is 0. The molecule has 0 aliphatic rings. The third kappa shape index (κ3) is 480. The summed E-state index contributed by atoms with van der Waals surface area (Å²) in [5.41, 5.74) is 0. The Bertz CT molecular complexity index is 222. The maximum absolute atomic E-state index is 8.52.